The van der Waals surface area contributed by atoms with E-state index in [1.54, 1.807) is 30.7 Å². The Balaban J connectivity index is 1.87. The summed E-state index contributed by atoms with van der Waals surface area (Å²) < 4.78 is 18.0. The summed E-state index contributed by atoms with van der Waals surface area (Å²) in [5.74, 6) is 0.639. The minimum Gasteiger partial charge on any atom is -0.493 e. The summed E-state index contributed by atoms with van der Waals surface area (Å²) in [5.41, 5.74) is 1.86. The standard InChI is InChI=1S/C20H24N4O5S/c1-10-9-30-20(21-10)23-18(25)11(2)22-19(26)13-7-12-8-14(27-4)16(28-5)17(29-6)15(12)24(13)3/h7-9,11H,1-6H3,(H,22,26)(H,21,23,25)/t11-/m1/s1. The van der Waals surface area contributed by atoms with Gasteiger partial charge in [-0.2, -0.15) is 0 Å². The quantitative estimate of drug-likeness (QED) is 0.595. The molecule has 30 heavy (non-hydrogen) atoms. The fraction of sp³-hybridized carbons (Fsp3) is 0.350. The van der Waals surface area contributed by atoms with E-state index in [9.17, 15) is 9.59 Å². The number of ether oxygens (including phenoxy) is 3. The number of carbonyl (C=O) groups is 2. The molecule has 9 nitrogen and oxygen atoms in total. The highest BCUT2D eigenvalue weighted by Crippen LogP contribution is 2.44. The van der Waals surface area contributed by atoms with Crippen LogP contribution in [0.2, 0.25) is 0 Å². The topological polar surface area (TPSA) is 104 Å². The lowest BCUT2D eigenvalue weighted by atomic mass is 10.2. The van der Waals surface area contributed by atoms with Gasteiger partial charge >= 0.3 is 0 Å². The fourth-order valence-electron chi connectivity index (χ4n) is 3.16. The molecule has 0 saturated heterocycles. The first-order chi connectivity index (χ1) is 14.3. The van der Waals surface area contributed by atoms with Crippen LogP contribution in [-0.2, 0) is 11.8 Å². The average Bonchev–Trinajstić information content (AvgIpc) is 3.28. The molecule has 0 spiro atoms. The normalized spacial score (nSPS) is 11.8. The van der Waals surface area contributed by atoms with E-state index in [0.29, 0.717) is 33.6 Å². The lowest BCUT2D eigenvalue weighted by molar-refractivity contribution is -0.117. The Morgan fingerprint density at radius 3 is 2.40 bits per heavy atom. The summed E-state index contributed by atoms with van der Waals surface area (Å²) in [6.45, 7) is 3.46. The van der Waals surface area contributed by atoms with Crippen molar-refractivity contribution in [3.63, 3.8) is 0 Å². The van der Waals surface area contributed by atoms with Gasteiger partial charge in [-0.25, -0.2) is 4.98 Å². The number of aromatic nitrogens is 2. The second kappa shape index (κ2) is 8.62. The number of carbonyl (C=O) groups excluding carboxylic acids is 2. The van der Waals surface area contributed by atoms with Gasteiger partial charge in [-0.05, 0) is 26.0 Å². The highest BCUT2D eigenvalue weighted by atomic mass is 32.1. The zero-order chi connectivity index (χ0) is 22.0. The molecule has 0 bridgehead atoms. The van der Waals surface area contributed by atoms with Crippen LogP contribution in [0.15, 0.2) is 17.5 Å². The number of anilines is 1. The largest absolute Gasteiger partial charge is 0.493 e. The number of amides is 2. The van der Waals surface area contributed by atoms with Gasteiger partial charge in [-0.15, -0.1) is 11.3 Å². The van der Waals surface area contributed by atoms with Crippen LogP contribution in [0.3, 0.4) is 0 Å². The number of nitrogens with one attached hydrogen (secondary N) is 2. The van der Waals surface area contributed by atoms with E-state index >= 15 is 0 Å². The molecule has 0 aliphatic carbocycles. The van der Waals surface area contributed by atoms with Crippen LogP contribution in [0.5, 0.6) is 17.2 Å². The molecule has 0 aliphatic heterocycles. The molecule has 0 radical (unpaired) electrons. The number of hydrogen-bond acceptors (Lipinski definition) is 7. The number of thiazole rings is 1. The van der Waals surface area contributed by atoms with Crippen molar-refractivity contribution in [3.8, 4) is 17.2 Å². The van der Waals surface area contributed by atoms with Crippen molar-refractivity contribution in [2.45, 2.75) is 19.9 Å². The molecule has 0 unspecified atom stereocenters. The summed E-state index contributed by atoms with van der Waals surface area (Å²) in [6.07, 6.45) is 0. The van der Waals surface area contributed by atoms with Crippen molar-refractivity contribution in [3.05, 3.63) is 28.9 Å². The Morgan fingerprint density at radius 2 is 1.83 bits per heavy atom. The van der Waals surface area contributed by atoms with Crippen molar-refractivity contribution in [2.24, 2.45) is 7.05 Å². The van der Waals surface area contributed by atoms with Crippen LogP contribution >= 0.6 is 11.3 Å². The van der Waals surface area contributed by atoms with Gasteiger partial charge in [0.1, 0.15) is 11.7 Å². The molecule has 2 amide bonds. The van der Waals surface area contributed by atoms with Gasteiger partial charge in [0.15, 0.2) is 16.6 Å². The molecule has 0 saturated carbocycles. The molecule has 0 aliphatic rings. The Morgan fingerprint density at radius 1 is 1.13 bits per heavy atom. The predicted molar refractivity (Wildman–Crippen MR) is 115 cm³/mol. The third-order valence-electron chi connectivity index (χ3n) is 4.64. The number of nitrogens with zero attached hydrogens (tertiary/aromatic N) is 2. The molecule has 10 heteroatoms. The van der Waals surface area contributed by atoms with Gasteiger partial charge < -0.3 is 29.4 Å². The number of fused-ring (bicyclic) bond motifs is 1. The second-order valence-electron chi connectivity index (χ2n) is 6.65. The molecule has 1 aromatic carbocycles. The fourth-order valence-corrected chi connectivity index (χ4v) is 3.85. The molecule has 2 aromatic heterocycles. The Kier molecular flexibility index (Phi) is 6.16. The van der Waals surface area contributed by atoms with E-state index in [-0.39, 0.29) is 5.91 Å². The summed E-state index contributed by atoms with van der Waals surface area (Å²) in [6, 6.07) is 2.73. The number of benzene rings is 1. The minimum absolute atomic E-state index is 0.350. The van der Waals surface area contributed by atoms with Crippen LogP contribution in [0.25, 0.3) is 10.9 Å². The van der Waals surface area contributed by atoms with E-state index in [0.717, 1.165) is 11.1 Å². The van der Waals surface area contributed by atoms with Gasteiger partial charge in [-0.3, -0.25) is 9.59 Å². The van der Waals surface area contributed by atoms with Crippen molar-refractivity contribution >= 4 is 39.2 Å². The van der Waals surface area contributed by atoms with Crippen LogP contribution < -0.4 is 24.8 Å². The summed E-state index contributed by atoms with van der Waals surface area (Å²) in [4.78, 5) is 29.5. The van der Waals surface area contributed by atoms with E-state index in [4.69, 9.17) is 14.2 Å². The molecule has 2 N–H and O–H groups in total. The highest BCUT2D eigenvalue weighted by molar-refractivity contribution is 7.13. The van der Waals surface area contributed by atoms with Crippen LogP contribution in [-0.4, -0.2) is 48.7 Å². The van der Waals surface area contributed by atoms with Gasteiger partial charge in [0.05, 0.1) is 32.5 Å². The van der Waals surface area contributed by atoms with Crippen LogP contribution in [0.4, 0.5) is 5.13 Å². The monoisotopic (exact) mass is 432 g/mol. The lowest BCUT2D eigenvalue weighted by Crippen LogP contribution is -2.42. The number of aryl methyl sites for hydroxylation is 2. The third-order valence-corrected chi connectivity index (χ3v) is 5.52. The first-order valence-electron chi connectivity index (χ1n) is 9.12. The van der Waals surface area contributed by atoms with Crippen molar-refractivity contribution in [1.82, 2.24) is 14.9 Å². The van der Waals surface area contributed by atoms with Gasteiger partial charge in [0.2, 0.25) is 11.7 Å². The SMILES string of the molecule is COc1cc2cc(C(=O)N[C@H](C)C(=O)Nc3nc(C)cs3)n(C)c2c(OC)c1OC. The van der Waals surface area contributed by atoms with Gasteiger partial charge in [0, 0.05) is 17.8 Å². The molecular weight excluding hydrogens is 408 g/mol. The maximum Gasteiger partial charge on any atom is 0.268 e. The maximum absolute atomic E-state index is 12.9. The van der Waals surface area contributed by atoms with Gasteiger partial charge in [0.25, 0.3) is 5.91 Å². The van der Waals surface area contributed by atoms with E-state index < -0.39 is 11.9 Å². The molecule has 160 valence electrons. The number of methoxy groups -OCH3 is 3. The first kappa shape index (κ1) is 21.4. The Hall–Kier alpha value is -3.27. The van der Waals surface area contributed by atoms with Crippen molar-refractivity contribution in [2.75, 3.05) is 26.6 Å². The number of rotatable bonds is 7. The molecular formula is C20H24N4O5S. The van der Waals surface area contributed by atoms with E-state index in [2.05, 4.69) is 15.6 Å². The van der Waals surface area contributed by atoms with Gasteiger partial charge in [-0.1, -0.05) is 0 Å². The first-order valence-corrected chi connectivity index (χ1v) is 10.0. The van der Waals surface area contributed by atoms with Crippen molar-refractivity contribution in [1.29, 1.82) is 0 Å². The Bertz CT molecular complexity index is 1100. The Labute approximate surface area is 177 Å². The summed E-state index contributed by atoms with van der Waals surface area (Å²) >= 11 is 1.33. The lowest BCUT2D eigenvalue weighted by Gasteiger charge is -2.15. The zero-order valence-corrected chi connectivity index (χ0v) is 18.5. The third kappa shape index (κ3) is 3.90. The second-order valence-corrected chi connectivity index (χ2v) is 7.51. The molecule has 0 fully saturated rings. The molecule has 3 aromatic rings. The number of hydrogen-bond donors (Lipinski definition) is 2. The van der Waals surface area contributed by atoms with Crippen molar-refractivity contribution < 1.29 is 23.8 Å². The smallest absolute Gasteiger partial charge is 0.268 e. The zero-order valence-electron chi connectivity index (χ0n) is 17.7. The summed E-state index contributed by atoms with van der Waals surface area (Å²) in [7, 11) is 6.32. The predicted octanol–water partition coefficient (Wildman–Crippen LogP) is 2.73. The van der Waals surface area contributed by atoms with Crippen LogP contribution in [0.1, 0.15) is 23.1 Å². The minimum atomic E-state index is -0.759. The van der Waals surface area contributed by atoms with E-state index in [1.807, 2.05) is 12.3 Å². The van der Waals surface area contributed by atoms with Crippen LogP contribution in [0, 0.1) is 6.92 Å². The molecule has 2 heterocycles. The molecule has 3 rings (SSSR count). The average molecular weight is 433 g/mol. The molecule has 1 atom stereocenters. The highest BCUT2D eigenvalue weighted by Gasteiger charge is 2.24. The van der Waals surface area contributed by atoms with E-state index in [1.165, 1.54) is 32.7 Å². The summed E-state index contributed by atoms with van der Waals surface area (Å²) in [5, 5.41) is 8.50. The maximum atomic E-state index is 12.9.